The minimum absolute atomic E-state index is 0.136. The molecule has 0 radical (unpaired) electrons. The Morgan fingerprint density at radius 1 is 0.951 bits per heavy atom. The Morgan fingerprint density at radius 3 is 1.90 bits per heavy atom. The average molecular weight is 618 g/mol. The number of carbonyl (C=O) groups is 2. The fourth-order valence-corrected chi connectivity index (χ4v) is 6.65. The Hall–Kier alpha value is -3.11. The van der Waals surface area contributed by atoms with E-state index in [-0.39, 0.29) is 23.6 Å². The first kappa shape index (κ1) is 30.8. The monoisotopic (exact) mass is 616 g/mol. The van der Waals surface area contributed by atoms with E-state index in [4.69, 9.17) is 28.9 Å². The van der Waals surface area contributed by atoms with Gasteiger partial charge >= 0.3 is 0 Å². The summed E-state index contributed by atoms with van der Waals surface area (Å²) in [6.07, 6.45) is 1.16. The summed E-state index contributed by atoms with van der Waals surface area (Å²) in [7, 11) is -3.71. The zero-order valence-electron chi connectivity index (χ0n) is 23.3. The fourth-order valence-electron chi connectivity index (χ4n) is 5.24. The van der Waals surface area contributed by atoms with Crippen LogP contribution >= 0.6 is 23.2 Å². The van der Waals surface area contributed by atoms with E-state index in [2.05, 4.69) is 10.2 Å². The van der Waals surface area contributed by atoms with Gasteiger partial charge < -0.3 is 11.1 Å². The van der Waals surface area contributed by atoms with Crippen LogP contribution in [0.1, 0.15) is 46.9 Å². The molecule has 0 aliphatic carbocycles. The summed E-state index contributed by atoms with van der Waals surface area (Å²) in [6.45, 7) is 6.27. The number of anilines is 1. The number of nitrogens with one attached hydrogen (secondary N) is 1. The molecule has 0 spiro atoms. The number of sulfonamides is 1. The maximum Gasteiger partial charge on any atom is 0.252 e. The molecule has 2 amide bonds. The number of rotatable bonds is 10. The molecule has 8 nitrogen and oxygen atoms in total. The molecule has 0 bridgehead atoms. The van der Waals surface area contributed by atoms with Gasteiger partial charge in [0.25, 0.3) is 5.91 Å². The molecule has 0 unspecified atom stereocenters. The number of nitrogens with two attached hydrogens (primary N) is 1. The Balaban J connectivity index is 1.63. The first-order valence-corrected chi connectivity index (χ1v) is 15.8. The average Bonchev–Trinajstić information content (AvgIpc) is 2.86. The molecule has 1 aliphatic heterocycles. The molecular formula is C30H34Cl2N4O4S. The number of primary amides is 1. The molecule has 1 aliphatic rings. The molecular weight excluding hydrogens is 583 g/mol. The van der Waals surface area contributed by atoms with E-state index in [1.165, 1.54) is 4.31 Å². The highest BCUT2D eigenvalue weighted by atomic mass is 35.5. The van der Waals surface area contributed by atoms with Crippen molar-refractivity contribution in [3.63, 3.8) is 0 Å². The third-order valence-corrected chi connectivity index (χ3v) is 8.88. The molecule has 218 valence electrons. The lowest BCUT2D eigenvalue weighted by atomic mass is 9.93. The molecule has 11 heteroatoms. The number of aryl methyl sites for hydroxylation is 1. The number of benzene rings is 3. The number of amides is 2. The zero-order chi connectivity index (χ0) is 30.1. The quantitative estimate of drug-likeness (QED) is 0.340. The smallest absolute Gasteiger partial charge is 0.252 e. The van der Waals surface area contributed by atoms with Crippen LogP contribution in [0.2, 0.25) is 10.0 Å². The molecule has 3 aromatic rings. The lowest BCUT2D eigenvalue weighted by Crippen LogP contribution is -2.61. The molecule has 3 N–H and O–H groups in total. The Labute approximate surface area is 251 Å². The van der Waals surface area contributed by atoms with Gasteiger partial charge in [0.15, 0.2) is 0 Å². The van der Waals surface area contributed by atoms with Gasteiger partial charge in [0.1, 0.15) is 6.04 Å². The van der Waals surface area contributed by atoms with E-state index in [1.807, 2.05) is 48.5 Å². The van der Waals surface area contributed by atoms with Crippen molar-refractivity contribution in [3.8, 4) is 0 Å². The molecule has 0 saturated carbocycles. The molecule has 1 saturated heterocycles. The van der Waals surface area contributed by atoms with Crippen LogP contribution in [-0.4, -0.2) is 56.6 Å². The predicted molar refractivity (Wildman–Crippen MR) is 164 cm³/mol. The van der Waals surface area contributed by atoms with Crippen molar-refractivity contribution in [1.82, 2.24) is 10.2 Å². The Kier molecular flexibility index (Phi) is 9.33. The first-order valence-electron chi connectivity index (χ1n) is 13.2. The van der Waals surface area contributed by atoms with Crippen molar-refractivity contribution >= 4 is 50.7 Å². The number of hydrogen-bond acceptors (Lipinski definition) is 5. The van der Waals surface area contributed by atoms with E-state index < -0.39 is 27.9 Å². The van der Waals surface area contributed by atoms with Gasteiger partial charge in [-0.15, -0.1) is 0 Å². The normalized spacial score (nSPS) is 15.0. The summed E-state index contributed by atoms with van der Waals surface area (Å²) in [4.78, 5) is 27.1. The van der Waals surface area contributed by atoms with Gasteiger partial charge in [-0.3, -0.25) is 18.8 Å². The second kappa shape index (κ2) is 12.4. The van der Waals surface area contributed by atoms with Crippen LogP contribution in [-0.2, 0) is 14.8 Å². The molecule has 4 rings (SSSR count). The maximum absolute atomic E-state index is 13.1. The Bertz CT molecular complexity index is 1480. The van der Waals surface area contributed by atoms with E-state index in [1.54, 1.807) is 39.0 Å². The topological polar surface area (TPSA) is 113 Å². The van der Waals surface area contributed by atoms with Crippen LogP contribution in [0.25, 0.3) is 0 Å². The fraction of sp³-hybridized carbons (Fsp3) is 0.333. The highest BCUT2D eigenvalue weighted by molar-refractivity contribution is 7.92. The summed E-state index contributed by atoms with van der Waals surface area (Å²) in [5.41, 5.74) is 8.85. The standard InChI is InChI=1S/C30H34Cl2N4O4S/c1-18(2)27(29(33)37)34-30(38)22-13-19(3)14-25(15-22)36(41(4,39)40)26-16-35(17-26)28(20-5-9-23(31)10-6-20)21-7-11-24(32)12-8-21/h5-15,18,26-28H,16-17H2,1-4H3,(H2,33,37)(H,34,38)/t27-/m0/s1. The molecule has 1 heterocycles. The van der Waals surface area contributed by atoms with Gasteiger partial charge in [-0.25, -0.2) is 8.42 Å². The van der Waals surface area contributed by atoms with E-state index in [0.717, 1.165) is 17.4 Å². The Morgan fingerprint density at radius 2 is 1.46 bits per heavy atom. The largest absolute Gasteiger partial charge is 0.368 e. The summed E-state index contributed by atoms with van der Waals surface area (Å²) in [6, 6.07) is 18.8. The van der Waals surface area contributed by atoms with Crippen molar-refractivity contribution in [1.29, 1.82) is 0 Å². The van der Waals surface area contributed by atoms with Crippen LogP contribution in [0, 0.1) is 12.8 Å². The molecule has 41 heavy (non-hydrogen) atoms. The van der Waals surface area contributed by atoms with Crippen molar-refractivity contribution in [2.24, 2.45) is 11.7 Å². The predicted octanol–water partition coefficient (Wildman–Crippen LogP) is 4.78. The zero-order valence-corrected chi connectivity index (χ0v) is 25.7. The molecule has 1 fully saturated rings. The summed E-state index contributed by atoms with van der Waals surface area (Å²) in [5.74, 6) is -1.34. The van der Waals surface area contributed by atoms with Gasteiger partial charge in [0, 0.05) is 28.7 Å². The number of halogens is 2. The van der Waals surface area contributed by atoms with Crippen molar-refractivity contribution in [2.45, 2.75) is 38.9 Å². The highest BCUT2D eigenvalue weighted by Crippen LogP contribution is 2.37. The highest BCUT2D eigenvalue weighted by Gasteiger charge is 2.41. The van der Waals surface area contributed by atoms with Gasteiger partial charge in [0.05, 0.1) is 24.0 Å². The second-order valence-electron chi connectivity index (χ2n) is 10.8. The SMILES string of the molecule is Cc1cc(C(=O)N[C@H](C(N)=O)C(C)C)cc(N(C2CN(C(c3ccc(Cl)cc3)c3ccc(Cl)cc3)C2)S(C)(=O)=O)c1. The lowest BCUT2D eigenvalue weighted by molar-refractivity contribution is -0.120. The molecule has 3 aromatic carbocycles. The summed E-state index contributed by atoms with van der Waals surface area (Å²) >= 11 is 12.3. The van der Waals surface area contributed by atoms with Crippen molar-refractivity contribution in [2.75, 3.05) is 23.7 Å². The molecule has 1 atom stereocenters. The van der Waals surface area contributed by atoms with E-state index in [9.17, 15) is 18.0 Å². The van der Waals surface area contributed by atoms with Gasteiger partial charge in [-0.05, 0) is 72.0 Å². The number of hydrogen-bond donors (Lipinski definition) is 2. The van der Waals surface area contributed by atoms with Gasteiger partial charge in [-0.2, -0.15) is 0 Å². The van der Waals surface area contributed by atoms with E-state index in [0.29, 0.717) is 34.4 Å². The minimum atomic E-state index is -3.71. The van der Waals surface area contributed by atoms with Gasteiger partial charge in [0.2, 0.25) is 15.9 Å². The van der Waals surface area contributed by atoms with Crippen molar-refractivity contribution in [3.05, 3.63) is 99.0 Å². The van der Waals surface area contributed by atoms with Crippen LogP contribution in [0.4, 0.5) is 5.69 Å². The van der Waals surface area contributed by atoms with Crippen LogP contribution < -0.4 is 15.4 Å². The second-order valence-corrected chi connectivity index (χ2v) is 13.6. The van der Waals surface area contributed by atoms with Crippen LogP contribution in [0.5, 0.6) is 0 Å². The minimum Gasteiger partial charge on any atom is -0.368 e. The van der Waals surface area contributed by atoms with Crippen molar-refractivity contribution < 1.29 is 18.0 Å². The lowest BCUT2D eigenvalue weighted by Gasteiger charge is -2.49. The molecule has 0 aromatic heterocycles. The third kappa shape index (κ3) is 7.22. The third-order valence-electron chi connectivity index (χ3n) is 7.15. The number of carbonyl (C=O) groups excluding carboxylic acids is 2. The summed E-state index contributed by atoms with van der Waals surface area (Å²) in [5, 5.41) is 3.94. The van der Waals surface area contributed by atoms with Gasteiger partial charge in [-0.1, -0.05) is 61.3 Å². The maximum atomic E-state index is 13.1. The number of nitrogens with zero attached hydrogens (tertiary/aromatic N) is 2. The van der Waals surface area contributed by atoms with E-state index >= 15 is 0 Å². The van der Waals surface area contributed by atoms with Crippen LogP contribution in [0.15, 0.2) is 66.7 Å². The first-order chi connectivity index (χ1) is 19.2. The number of likely N-dealkylation sites (tertiary alicyclic amines) is 1. The summed E-state index contributed by atoms with van der Waals surface area (Å²) < 4.78 is 27.6. The van der Waals surface area contributed by atoms with Crippen LogP contribution in [0.3, 0.4) is 0 Å².